The monoisotopic (exact) mass is 189 g/mol. The van der Waals surface area contributed by atoms with E-state index < -0.39 is 0 Å². The van der Waals surface area contributed by atoms with Crippen molar-refractivity contribution in [3.63, 3.8) is 0 Å². The van der Waals surface area contributed by atoms with Crippen molar-refractivity contribution in [3.8, 4) is 0 Å². The molecule has 0 aromatic rings. The lowest BCUT2D eigenvalue weighted by molar-refractivity contribution is -0.134. The van der Waals surface area contributed by atoms with E-state index in [1.165, 1.54) is 16.7 Å². The molecule has 1 rings (SSSR count). The van der Waals surface area contributed by atoms with E-state index in [0.29, 0.717) is 12.3 Å². The first kappa shape index (κ1) is 9.54. The minimum atomic E-state index is -0.142. The zero-order valence-electron chi connectivity index (χ0n) is 6.65. The van der Waals surface area contributed by atoms with Crippen molar-refractivity contribution < 1.29 is 14.7 Å². The lowest BCUT2D eigenvalue weighted by Crippen LogP contribution is -2.40. The fourth-order valence-electron chi connectivity index (χ4n) is 1.02. The second kappa shape index (κ2) is 4.47. The first-order valence-electron chi connectivity index (χ1n) is 3.78. The first-order valence-corrected chi connectivity index (χ1v) is 4.77. The van der Waals surface area contributed by atoms with Gasteiger partial charge in [0, 0.05) is 18.7 Å². The Morgan fingerprint density at radius 1 is 1.67 bits per heavy atom. The third-order valence-corrected chi connectivity index (χ3v) is 2.46. The van der Waals surface area contributed by atoms with Gasteiger partial charge in [0.1, 0.15) is 0 Å². The number of rotatable bonds is 2. The highest BCUT2D eigenvalue weighted by Gasteiger charge is 2.20. The molecule has 1 heterocycles. The second-order valence-electron chi connectivity index (χ2n) is 2.51. The van der Waals surface area contributed by atoms with Crippen LogP contribution in [0, 0.1) is 0 Å². The number of hydrogen-bond donors (Lipinski definition) is 1. The van der Waals surface area contributed by atoms with Crippen LogP contribution in [-0.4, -0.2) is 46.5 Å². The van der Waals surface area contributed by atoms with Crippen LogP contribution in [0.4, 0.5) is 0 Å². The first-order chi connectivity index (χ1) is 5.74. The van der Waals surface area contributed by atoms with Gasteiger partial charge in [-0.05, 0) is 0 Å². The maximum Gasteiger partial charge on any atom is 0.225 e. The van der Waals surface area contributed by atoms with Gasteiger partial charge in [-0.3, -0.25) is 9.59 Å². The van der Waals surface area contributed by atoms with E-state index in [-0.39, 0.29) is 30.6 Å². The molecule has 1 aliphatic rings. The molecule has 0 bridgehead atoms. The molecule has 0 aromatic heterocycles. The average molecular weight is 189 g/mol. The summed E-state index contributed by atoms with van der Waals surface area (Å²) in [4.78, 5) is 23.5. The number of carbonyl (C=O) groups is 2. The van der Waals surface area contributed by atoms with Gasteiger partial charge in [-0.2, -0.15) is 0 Å². The van der Waals surface area contributed by atoms with Crippen LogP contribution >= 0.6 is 11.8 Å². The minimum absolute atomic E-state index is 0.0348. The van der Waals surface area contributed by atoms with E-state index in [1.54, 1.807) is 0 Å². The molecule has 0 spiro atoms. The van der Waals surface area contributed by atoms with Gasteiger partial charge < -0.3 is 10.0 Å². The second-order valence-corrected chi connectivity index (χ2v) is 3.66. The lowest BCUT2D eigenvalue weighted by Gasteiger charge is -2.24. The maximum atomic E-state index is 11.1. The third-order valence-electron chi connectivity index (χ3n) is 1.62. The van der Waals surface area contributed by atoms with Gasteiger partial charge >= 0.3 is 0 Å². The molecule has 0 saturated carbocycles. The smallest absolute Gasteiger partial charge is 0.225 e. The van der Waals surface area contributed by atoms with Gasteiger partial charge in [0.2, 0.25) is 11.0 Å². The van der Waals surface area contributed by atoms with Gasteiger partial charge in [-0.15, -0.1) is 0 Å². The minimum Gasteiger partial charge on any atom is -0.396 e. The maximum absolute atomic E-state index is 11.1. The summed E-state index contributed by atoms with van der Waals surface area (Å²) in [6.45, 7) is 0.676. The van der Waals surface area contributed by atoms with Crippen molar-refractivity contribution in [1.29, 1.82) is 0 Å². The zero-order valence-corrected chi connectivity index (χ0v) is 7.47. The lowest BCUT2D eigenvalue weighted by atomic mass is 10.3. The summed E-state index contributed by atoms with van der Waals surface area (Å²) in [5, 5.41) is 8.53. The van der Waals surface area contributed by atoms with Crippen molar-refractivity contribution in [2.75, 3.05) is 25.4 Å². The molecule has 12 heavy (non-hydrogen) atoms. The summed E-state index contributed by atoms with van der Waals surface area (Å²) in [7, 11) is 0. The van der Waals surface area contributed by atoms with Crippen LogP contribution in [-0.2, 0) is 9.59 Å². The molecule has 4 nitrogen and oxygen atoms in total. The van der Waals surface area contributed by atoms with Crippen LogP contribution in [0.3, 0.4) is 0 Å². The number of nitrogens with zero attached hydrogens (tertiary/aromatic N) is 1. The SMILES string of the molecule is O=C1CN(C(=O)CCO)CCS1. The number of aliphatic hydroxyl groups excluding tert-OH is 1. The topological polar surface area (TPSA) is 57.6 Å². The summed E-state index contributed by atoms with van der Waals surface area (Å²) < 4.78 is 0. The van der Waals surface area contributed by atoms with E-state index in [1.807, 2.05) is 0 Å². The Kier molecular flexibility index (Phi) is 3.55. The zero-order chi connectivity index (χ0) is 8.97. The van der Waals surface area contributed by atoms with Crippen molar-refractivity contribution in [2.24, 2.45) is 0 Å². The van der Waals surface area contributed by atoms with Gasteiger partial charge in [-0.1, -0.05) is 11.8 Å². The van der Waals surface area contributed by atoms with E-state index in [4.69, 9.17) is 5.11 Å². The van der Waals surface area contributed by atoms with Crippen LogP contribution in [0.25, 0.3) is 0 Å². The van der Waals surface area contributed by atoms with Gasteiger partial charge in [0.15, 0.2) is 0 Å². The molecule has 0 aromatic carbocycles. The highest BCUT2D eigenvalue weighted by atomic mass is 32.2. The molecule has 5 heteroatoms. The highest BCUT2D eigenvalue weighted by molar-refractivity contribution is 8.13. The van der Waals surface area contributed by atoms with Crippen molar-refractivity contribution >= 4 is 22.8 Å². The molecule has 0 atom stereocenters. The predicted octanol–water partition coefficient (Wildman–Crippen LogP) is -0.529. The van der Waals surface area contributed by atoms with E-state index in [2.05, 4.69) is 0 Å². The normalized spacial score (nSPS) is 18.1. The van der Waals surface area contributed by atoms with Crippen LogP contribution in [0.5, 0.6) is 0 Å². The molecule has 0 unspecified atom stereocenters. The Bertz CT molecular complexity index is 195. The van der Waals surface area contributed by atoms with Crippen LogP contribution in [0.15, 0.2) is 0 Å². The van der Waals surface area contributed by atoms with Gasteiger partial charge in [0.25, 0.3) is 0 Å². The standard InChI is InChI=1S/C7H11NO3S/c9-3-1-6(10)8-2-4-12-7(11)5-8/h9H,1-5H2. The molecular formula is C7H11NO3S. The molecule has 1 N–H and O–H groups in total. The van der Waals surface area contributed by atoms with Gasteiger partial charge in [-0.25, -0.2) is 0 Å². The van der Waals surface area contributed by atoms with Crippen molar-refractivity contribution in [3.05, 3.63) is 0 Å². The third kappa shape index (κ3) is 2.49. The molecule has 1 fully saturated rings. The van der Waals surface area contributed by atoms with Crippen molar-refractivity contribution in [2.45, 2.75) is 6.42 Å². The number of thioether (sulfide) groups is 1. The Labute approximate surface area is 74.9 Å². The molecule has 1 aliphatic heterocycles. The summed E-state index contributed by atoms with van der Waals surface area (Å²) in [5.74, 6) is 0.543. The number of aliphatic hydroxyl groups is 1. The van der Waals surface area contributed by atoms with Crippen LogP contribution in [0.1, 0.15) is 6.42 Å². The molecule has 68 valence electrons. The number of hydrogen-bond acceptors (Lipinski definition) is 4. The Morgan fingerprint density at radius 3 is 3.00 bits per heavy atom. The van der Waals surface area contributed by atoms with Crippen molar-refractivity contribution in [1.82, 2.24) is 4.90 Å². The fraction of sp³-hybridized carbons (Fsp3) is 0.714. The number of amides is 1. The highest BCUT2D eigenvalue weighted by Crippen LogP contribution is 2.11. The van der Waals surface area contributed by atoms with Gasteiger partial charge in [0.05, 0.1) is 13.2 Å². The van der Waals surface area contributed by atoms with E-state index >= 15 is 0 Å². The molecule has 0 aliphatic carbocycles. The Balaban J connectivity index is 2.40. The number of carbonyl (C=O) groups excluding carboxylic acids is 2. The summed E-state index contributed by atoms with van der Waals surface area (Å²) in [6.07, 6.45) is 0.123. The largest absolute Gasteiger partial charge is 0.396 e. The Hall–Kier alpha value is -0.550. The fourth-order valence-corrected chi connectivity index (χ4v) is 1.80. The summed E-state index contributed by atoms with van der Waals surface area (Å²) in [5.41, 5.74) is 0. The molecule has 1 saturated heterocycles. The summed E-state index contributed by atoms with van der Waals surface area (Å²) >= 11 is 1.26. The average Bonchev–Trinajstić information content (AvgIpc) is 2.05. The van der Waals surface area contributed by atoms with E-state index in [9.17, 15) is 9.59 Å². The predicted molar refractivity (Wildman–Crippen MR) is 45.7 cm³/mol. The van der Waals surface area contributed by atoms with E-state index in [0.717, 1.165) is 0 Å². The molecule has 1 amide bonds. The van der Waals surface area contributed by atoms with Crippen LogP contribution in [0.2, 0.25) is 0 Å². The van der Waals surface area contributed by atoms with Crippen LogP contribution < -0.4 is 0 Å². The quantitative estimate of drug-likeness (QED) is 0.634. The Morgan fingerprint density at radius 2 is 2.42 bits per heavy atom. The summed E-state index contributed by atoms with van der Waals surface area (Å²) in [6, 6.07) is 0. The molecular weight excluding hydrogens is 178 g/mol. The molecule has 0 radical (unpaired) electrons.